The van der Waals surface area contributed by atoms with Gasteiger partial charge in [0.2, 0.25) is 0 Å². The van der Waals surface area contributed by atoms with Crippen LogP contribution in [0.4, 0.5) is 4.79 Å². The summed E-state index contributed by atoms with van der Waals surface area (Å²) in [6.45, 7) is 0.485. The lowest BCUT2D eigenvalue weighted by Crippen LogP contribution is -2.30. The predicted octanol–water partition coefficient (Wildman–Crippen LogP) is 0.771. The van der Waals surface area contributed by atoms with Crippen LogP contribution in [0.15, 0.2) is 11.8 Å². The van der Waals surface area contributed by atoms with Gasteiger partial charge in [0.25, 0.3) is 0 Å². The van der Waals surface area contributed by atoms with Gasteiger partial charge in [-0.05, 0) is 6.42 Å². The SMILES string of the molecule is O=C1CCN(C(=O)O)CC/C1=C\O. The highest BCUT2D eigenvalue weighted by atomic mass is 16.4. The average Bonchev–Trinajstić information content (AvgIpc) is 2.27. The molecule has 2 N–H and O–H groups in total. The number of hydrogen-bond donors (Lipinski definition) is 2. The first kappa shape index (κ1) is 9.57. The van der Waals surface area contributed by atoms with Crippen molar-refractivity contribution in [2.24, 2.45) is 0 Å². The highest BCUT2D eigenvalue weighted by molar-refractivity contribution is 5.95. The van der Waals surface area contributed by atoms with Crippen molar-refractivity contribution in [2.75, 3.05) is 13.1 Å². The van der Waals surface area contributed by atoms with Crippen LogP contribution >= 0.6 is 0 Å². The second-order valence-electron chi connectivity index (χ2n) is 2.85. The van der Waals surface area contributed by atoms with Gasteiger partial charge in [0.1, 0.15) is 0 Å². The Balaban J connectivity index is 2.67. The fourth-order valence-corrected chi connectivity index (χ4v) is 1.23. The zero-order valence-corrected chi connectivity index (χ0v) is 7.06. The average molecular weight is 185 g/mol. The Hall–Kier alpha value is -1.52. The first-order valence-corrected chi connectivity index (χ1v) is 3.99. The summed E-state index contributed by atoms with van der Waals surface area (Å²) in [5.41, 5.74) is 0.309. The maximum absolute atomic E-state index is 11.2. The highest BCUT2D eigenvalue weighted by Gasteiger charge is 2.21. The Morgan fingerprint density at radius 1 is 1.38 bits per heavy atom. The van der Waals surface area contributed by atoms with E-state index >= 15 is 0 Å². The first-order valence-electron chi connectivity index (χ1n) is 3.99. The second kappa shape index (κ2) is 3.93. The topological polar surface area (TPSA) is 77.8 Å². The Morgan fingerprint density at radius 3 is 2.54 bits per heavy atom. The van der Waals surface area contributed by atoms with Crippen LogP contribution < -0.4 is 0 Å². The lowest BCUT2D eigenvalue weighted by atomic mass is 10.1. The third kappa shape index (κ3) is 2.21. The maximum Gasteiger partial charge on any atom is 0.407 e. The molecule has 0 radical (unpaired) electrons. The number of Topliss-reactive ketones (excluding diaryl/α,β-unsaturated/α-hetero) is 1. The van der Waals surface area contributed by atoms with E-state index < -0.39 is 6.09 Å². The lowest BCUT2D eigenvalue weighted by Gasteiger charge is -2.14. The van der Waals surface area contributed by atoms with Gasteiger partial charge in [0, 0.05) is 25.1 Å². The molecule has 1 fully saturated rings. The molecule has 0 bridgehead atoms. The van der Waals surface area contributed by atoms with Crippen LogP contribution in [-0.2, 0) is 4.79 Å². The Morgan fingerprint density at radius 2 is 2.00 bits per heavy atom. The van der Waals surface area contributed by atoms with Crippen molar-refractivity contribution in [2.45, 2.75) is 12.8 Å². The molecule has 5 heteroatoms. The largest absolute Gasteiger partial charge is 0.515 e. The summed E-state index contributed by atoms with van der Waals surface area (Å²) in [7, 11) is 0. The summed E-state index contributed by atoms with van der Waals surface area (Å²) in [5.74, 6) is -0.175. The van der Waals surface area contributed by atoms with Gasteiger partial charge in [-0.2, -0.15) is 0 Å². The van der Waals surface area contributed by atoms with E-state index in [1.54, 1.807) is 0 Å². The van der Waals surface area contributed by atoms with Gasteiger partial charge in [-0.1, -0.05) is 0 Å². The second-order valence-corrected chi connectivity index (χ2v) is 2.85. The van der Waals surface area contributed by atoms with E-state index in [2.05, 4.69) is 0 Å². The van der Waals surface area contributed by atoms with Crippen LogP contribution in [-0.4, -0.2) is 40.1 Å². The maximum atomic E-state index is 11.2. The molecule has 0 aromatic rings. The Labute approximate surface area is 75.3 Å². The van der Waals surface area contributed by atoms with E-state index in [0.717, 1.165) is 6.26 Å². The zero-order chi connectivity index (χ0) is 9.84. The molecule has 0 atom stereocenters. The fourth-order valence-electron chi connectivity index (χ4n) is 1.23. The third-order valence-electron chi connectivity index (χ3n) is 2.04. The molecule has 0 aromatic heterocycles. The Bertz CT molecular complexity index is 259. The number of likely N-dealkylation sites (tertiary alicyclic amines) is 1. The molecule has 1 aliphatic heterocycles. The summed E-state index contributed by atoms with van der Waals surface area (Å²) in [4.78, 5) is 22.9. The minimum Gasteiger partial charge on any atom is -0.515 e. The molecule has 0 saturated carbocycles. The molecule has 1 aliphatic rings. The summed E-state index contributed by atoms with van der Waals surface area (Å²) < 4.78 is 0. The standard InChI is InChI=1S/C8H11NO4/c10-5-6-1-3-9(8(12)13)4-2-7(6)11/h5,10H,1-4H2,(H,12,13)/b6-5+. The molecule has 72 valence electrons. The van der Waals surface area contributed by atoms with Crippen LogP contribution in [0.1, 0.15) is 12.8 Å². The number of aliphatic hydroxyl groups excluding tert-OH is 1. The van der Waals surface area contributed by atoms with Gasteiger partial charge in [-0.15, -0.1) is 0 Å². The monoisotopic (exact) mass is 185 g/mol. The minimum atomic E-state index is -1.02. The smallest absolute Gasteiger partial charge is 0.407 e. The van der Waals surface area contributed by atoms with E-state index in [1.165, 1.54) is 4.90 Å². The van der Waals surface area contributed by atoms with E-state index in [0.29, 0.717) is 12.0 Å². The number of hydrogen-bond acceptors (Lipinski definition) is 3. The van der Waals surface area contributed by atoms with E-state index in [4.69, 9.17) is 10.2 Å². The van der Waals surface area contributed by atoms with Gasteiger partial charge in [-0.3, -0.25) is 4.79 Å². The van der Waals surface area contributed by atoms with Crippen molar-refractivity contribution >= 4 is 11.9 Å². The van der Waals surface area contributed by atoms with Crippen molar-refractivity contribution in [3.8, 4) is 0 Å². The molecule has 0 unspecified atom stereocenters. The molecular formula is C8H11NO4. The van der Waals surface area contributed by atoms with Gasteiger partial charge in [0.05, 0.1) is 6.26 Å². The number of carbonyl (C=O) groups excluding carboxylic acids is 1. The number of ketones is 1. The van der Waals surface area contributed by atoms with Crippen LogP contribution in [0.5, 0.6) is 0 Å². The quantitative estimate of drug-likeness (QED) is 0.431. The van der Waals surface area contributed by atoms with Gasteiger partial charge < -0.3 is 15.1 Å². The first-order chi connectivity index (χ1) is 6.15. The molecule has 1 amide bonds. The molecule has 13 heavy (non-hydrogen) atoms. The van der Waals surface area contributed by atoms with Crippen LogP contribution in [0.25, 0.3) is 0 Å². The van der Waals surface area contributed by atoms with Crippen LogP contribution in [0.3, 0.4) is 0 Å². The van der Waals surface area contributed by atoms with Crippen LogP contribution in [0.2, 0.25) is 0 Å². The molecule has 1 heterocycles. The summed E-state index contributed by atoms with van der Waals surface area (Å²) >= 11 is 0. The van der Waals surface area contributed by atoms with Crippen molar-refractivity contribution in [1.82, 2.24) is 4.90 Å². The van der Waals surface area contributed by atoms with Crippen molar-refractivity contribution < 1.29 is 19.8 Å². The zero-order valence-electron chi connectivity index (χ0n) is 7.06. The number of aliphatic hydroxyl groups is 1. The predicted molar refractivity (Wildman–Crippen MR) is 44.6 cm³/mol. The summed E-state index contributed by atoms with van der Waals surface area (Å²) in [5, 5.41) is 17.3. The van der Waals surface area contributed by atoms with Crippen molar-refractivity contribution in [3.05, 3.63) is 11.8 Å². The van der Waals surface area contributed by atoms with E-state index in [1.807, 2.05) is 0 Å². The van der Waals surface area contributed by atoms with Crippen molar-refractivity contribution in [1.29, 1.82) is 0 Å². The number of rotatable bonds is 0. The van der Waals surface area contributed by atoms with E-state index in [9.17, 15) is 9.59 Å². The molecular weight excluding hydrogens is 174 g/mol. The lowest BCUT2D eigenvalue weighted by molar-refractivity contribution is -0.115. The molecule has 1 saturated heterocycles. The minimum absolute atomic E-state index is 0.151. The van der Waals surface area contributed by atoms with E-state index in [-0.39, 0.29) is 25.3 Å². The highest BCUT2D eigenvalue weighted by Crippen LogP contribution is 2.12. The summed E-state index contributed by atoms with van der Waals surface area (Å²) in [6.07, 6.45) is 0.195. The van der Waals surface area contributed by atoms with Crippen LogP contribution in [0, 0.1) is 0 Å². The number of carboxylic acid groups (broad SMARTS) is 1. The third-order valence-corrected chi connectivity index (χ3v) is 2.04. The van der Waals surface area contributed by atoms with Gasteiger partial charge >= 0.3 is 6.09 Å². The fraction of sp³-hybridized carbons (Fsp3) is 0.500. The van der Waals surface area contributed by atoms with Crippen molar-refractivity contribution in [3.63, 3.8) is 0 Å². The number of nitrogens with zero attached hydrogens (tertiary/aromatic N) is 1. The van der Waals surface area contributed by atoms with Gasteiger partial charge in [0.15, 0.2) is 5.78 Å². The molecule has 0 aromatic carbocycles. The Kier molecular flexibility index (Phi) is 2.89. The summed E-state index contributed by atoms with van der Waals surface area (Å²) in [6, 6.07) is 0. The number of carbonyl (C=O) groups is 2. The molecule has 0 aliphatic carbocycles. The number of amides is 1. The molecule has 1 rings (SSSR count). The molecule has 0 spiro atoms. The normalized spacial score (nSPS) is 21.7. The van der Waals surface area contributed by atoms with Gasteiger partial charge in [-0.25, -0.2) is 4.79 Å². The molecule has 5 nitrogen and oxygen atoms in total.